The van der Waals surface area contributed by atoms with Crippen molar-refractivity contribution in [1.82, 2.24) is 30.5 Å². The summed E-state index contributed by atoms with van der Waals surface area (Å²) in [4.78, 5) is 15.1. The van der Waals surface area contributed by atoms with E-state index >= 15 is 0 Å². The average molecular weight is 370 g/mol. The molecule has 1 aromatic carbocycles. The topological polar surface area (TPSA) is 97.7 Å². The van der Waals surface area contributed by atoms with Crippen LogP contribution in [0.2, 0.25) is 0 Å². The van der Waals surface area contributed by atoms with Crippen LogP contribution in [0, 0.1) is 0 Å². The number of hydrogen-bond donors (Lipinski definition) is 2. The van der Waals surface area contributed by atoms with Crippen molar-refractivity contribution in [2.24, 2.45) is 0 Å². The molecule has 0 aliphatic heterocycles. The summed E-state index contributed by atoms with van der Waals surface area (Å²) in [6.07, 6.45) is 2.99. The number of carbonyl (C=O) groups excluding carboxylic acids is 1. The van der Waals surface area contributed by atoms with Crippen LogP contribution >= 0.6 is 0 Å². The fraction of sp³-hybridized carbons (Fsp3) is 0.474. The van der Waals surface area contributed by atoms with Crippen LogP contribution in [0.4, 0.5) is 4.79 Å². The van der Waals surface area contributed by atoms with Gasteiger partial charge in [-0.25, -0.2) is 9.48 Å². The summed E-state index contributed by atoms with van der Waals surface area (Å²) in [5.74, 6) is 0.848. The van der Waals surface area contributed by atoms with Crippen LogP contribution in [0.25, 0.3) is 10.9 Å². The van der Waals surface area contributed by atoms with Crippen LogP contribution in [0.3, 0.4) is 0 Å². The largest absolute Gasteiger partial charge is 0.444 e. The molecule has 0 saturated carbocycles. The average Bonchev–Trinajstić information content (AvgIpc) is 3.20. The minimum Gasteiger partial charge on any atom is -0.444 e. The molecular weight excluding hydrogens is 344 g/mol. The minimum absolute atomic E-state index is 0.394. The third-order valence-electron chi connectivity index (χ3n) is 4.16. The van der Waals surface area contributed by atoms with E-state index in [4.69, 9.17) is 4.74 Å². The molecule has 0 aliphatic carbocycles. The van der Waals surface area contributed by atoms with Crippen molar-refractivity contribution < 1.29 is 9.53 Å². The first kappa shape index (κ1) is 18.9. The summed E-state index contributed by atoms with van der Waals surface area (Å²) in [5.41, 5.74) is 2.88. The molecule has 8 heteroatoms. The zero-order valence-electron chi connectivity index (χ0n) is 16.2. The molecule has 0 spiro atoms. The van der Waals surface area contributed by atoms with Crippen molar-refractivity contribution in [3.8, 4) is 0 Å². The van der Waals surface area contributed by atoms with Gasteiger partial charge in [-0.3, -0.25) is 0 Å². The smallest absolute Gasteiger partial charge is 0.407 e. The number of fused-ring (bicyclic) bond motifs is 1. The van der Waals surface area contributed by atoms with Gasteiger partial charge >= 0.3 is 6.09 Å². The highest BCUT2D eigenvalue weighted by atomic mass is 16.6. The third-order valence-corrected chi connectivity index (χ3v) is 4.16. The Labute approximate surface area is 158 Å². The van der Waals surface area contributed by atoms with E-state index in [1.807, 2.05) is 33.9 Å². The molecular formula is C19H26N6O2. The van der Waals surface area contributed by atoms with E-state index in [-0.39, 0.29) is 0 Å². The van der Waals surface area contributed by atoms with Crippen molar-refractivity contribution in [2.75, 3.05) is 6.54 Å². The summed E-state index contributed by atoms with van der Waals surface area (Å²) in [6, 6.07) is 6.30. The number of amides is 1. The van der Waals surface area contributed by atoms with Crippen LogP contribution in [0.15, 0.2) is 24.4 Å². The second-order valence-electron chi connectivity index (χ2n) is 7.46. The Bertz CT molecular complexity index is 922. The highest BCUT2D eigenvalue weighted by Gasteiger charge is 2.16. The second kappa shape index (κ2) is 7.77. The fourth-order valence-corrected chi connectivity index (χ4v) is 2.93. The monoisotopic (exact) mass is 370 g/mol. The van der Waals surface area contributed by atoms with Gasteiger partial charge in [-0.2, -0.15) is 0 Å². The number of alkyl carbamates (subject to hydrolysis) is 1. The summed E-state index contributed by atoms with van der Waals surface area (Å²) in [6.45, 7) is 8.83. The predicted molar refractivity (Wildman–Crippen MR) is 103 cm³/mol. The van der Waals surface area contributed by atoms with Gasteiger partial charge in [-0.15, -0.1) is 5.10 Å². The zero-order valence-corrected chi connectivity index (χ0v) is 16.2. The van der Waals surface area contributed by atoms with Crippen molar-refractivity contribution in [1.29, 1.82) is 0 Å². The quantitative estimate of drug-likeness (QED) is 0.695. The first-order valence-electron chi connectivity index (χ1n) is 9.16. The van der Waals surface area contributed by atoms with Crippen molar-refractivity contribution in [3.63, 3.8) is 0 Å². The predicted octanol–water partition coefficient (Wildman–Crippen LogP) is 2.83. The van der Waals surface area contributed by atoms with Crippen LogP contribution in [-0.4, -0.2) is 43.4 Å². The van der Waals surface area contributed by atoms with Gasteiger partial charge < -0.3 is 15.0 Å². The van der Waals surface area contributed by atoms with Crippen LogP contribution < -0.4 is 5.32 Å². The Morgan fingerprint density at radius 3 is 2.89 bits per heavy atom. The number of ether oxygens (including phenoxy) is 1. The molecule has 2 aromatic heterocycles. The number of nitrogens with zero attached hydrogens (tertiary/aromatic N) is 4. The van der Waals surface area contributed by atoms with E-state index in [1.165, 1.54) is 0 Å². The molecule has 2 N–H and O–H groups in total. The Morgan fingerprint density at radius 1 is 1.33 bits per heavy atom. The molecule has 0 unspecified atom stereocenters. The number of aryl methyl sites for hydroxylation is 1. The molecule has 0 bridgehead atoms. The van der Waals surface area contributed by atoms with E-state index < -0.39 is 11.7 Å². The standard InChI is InChI=1S/C19H26N6O2/c1-5-25-17(22-23-24-25)11-13-6-7-16-15(10-13)14(12-21-16)8-9-20-18(26)27-19(2,3)4/h6-7,10,12,21H,5,8-9,11H2,1-4H3,(H,20,26). The lowest BCUT2D eigenvalue weighted by Gasteiger charge is -2.19. The number of H-pyrrole nitrogens is 1. The van der Waals surface area contributed by atoms with Crippen LogP contribution in [0.1, 0.15) is 44.6 Å². The second-order valence-corrected chi connectivity index (χ2v) is 7.46. The Kier molecular flexibility index (Phi) is 5.43. The molecule has 2 heterocycles. The van der Waals surface area contributed by atoms with Gasteiger partial charge in [0.2, 0.25) is 0 Å². The van der Waals surface area contributed by atoms with Gasteiger partial charge in [-0.05, 0) is 67.8 Å². The molecule has 27 heavy (non-hydrogen) atoms. The van der Waals surface area contributed by atoms with Gasteiger partial charge in [0, 0.05) is 36.6 Å². The molecule has 144 valence electrons. The number of benzene rings is 1. The van der Waals surface area contributed by atoms with Crippen LogP contribution in [0.5, 0.6) is 0 Å². The molecule has 8 nitrogen and oxygen atoms in total. The van der Waals surface area contributed by atoms with E-state index in [1.54, 1.807) is 4.68 Å². The SMILES string of the molecule is CCn1nnnc1Cc1ccc2[nH]cc(CCNC(=O)OC(C)(C)C)c2c1. The first-order valence-corrected chi connectivity index (χ1v) is 9.16. The molecule has 1 amide bonds. The van der Waals surface area contributed by atoms with Gasteiger partial charge in [0.15, 0.2) is 5.82 Å². The first-order chi connectivity index (χ1) is 12.9. The van der Waals surface area contributed by atoms with Crippen molar-refractivity contribution >= 4 is 17.0 Å². The van der Waals surface area contributed by atoms with Gasteiger partial charge in [-0.1, -0.05) is 6.07 Å². The molecule has 3 rings (SSSR count). The van der Waals surface area contributed by atoms with E-state index in [0.29, 0.717) is 13.0 Å². The molecule has 0 fully saturated rings. The van der Waals surface area contributed by atoms with Crippen molar-refractivity contribution in [3.05, 3.63) is 41.3 Å². The number of carbonyl (C=O) groups is 1. The Balaban J connectivity index is 1.67. The summed E-state index contributed by atoms with van der Waals surface area (Å²) in [7, 11) is 0. The maximum absolute atomic E-state index is 11.8. The lowest BCUT2D eigenvalue weighted by Crippen LogP contribution is -2.33. The number of aromatic nitrogens is 5. The Morgan fingerprint density at radius 2 is 2.15 bits per heavy atom. The molecule has 0 aliphatic rings. The number of nitrogens with one attached hydrogen (secondary N) is 2. The van der Waals surface area contributed by atoms with E-state index in [0.717, 1.165) is 40.8 Å². The van der Waals surface area contributed by atoms with Crippen molar-refractivity contribution in [2.45, 2.75) is 52.7 Å². The van der Waals surface area contributed by atoms with Gasteiger partial charge in [0.25, 0.3) is 0 Å². The highest BCUT2D eigenvalue weighted by Crippen LogP contribution is 2.21. The zero-order chi connectivity index (χ0) is 19.4. The molecule has 0 atom stereocenters. The van der Waals surface area contributed by atoms with E-state index in [9.17, 15) is 4.79 Å². The minimum atomic E-state index is -0.492. The lowest BCUT2D eigenvalue weighted by molar-refractivity contribution is 0.0528. The van der Waals surface area contributed by atoms with Crippen LogP contribution in [-0.2, 0) is 24.1 Å². The summed E-state index contributed by atoms with van der Waals surface area (Å²) in [5, 5.41) is 15.8. The molecule has 3 aromatic rings. The lowest BCUT2D eigenvalue weighted by atomic mass is 10.1. The number of rotatable bonds is 6. The summed E-state index contributed by atoms with van der Waals surface area (Å²) < 4.78 is 7.06. The normalized spacial score (nSPS) is 11.7. The molecule has 0 radical (unpaired) electrons. The Hall–Kier alpha value is -2.90. The van der Waals surface area contributed by atoms with Gasteiger partial charge in [0.1, 0.15) is 5.60 Å². The number of tetrazole rings is 1. The number of hydrogen-bond acceptors (Lipinski definition) is 5. The maximum Gasteiger partial charge on any atom is 0.407 e. The highest BCUT2D eigenvalue weighted by molar-refractivity contribution is 5.84. The maximum atomic E-state index is 11.8. The fourth-order valence-electron chi connectivity index (χ4n) is 2.93. The van der Waals surface area contributed by atoms with E-state index in [2.05, 4.69) is 44.0 Å². The summed E-state index contributed by atoms with van der Waals surface area (Å²) >= 11 is 0. The number of aromatic amines is 1. The molecule has 0 saturated heterocycles. The van der Waals surface area contributed by atoms with Gasteiger partial charge in [0.05, 0.1) is 0 Å². The third kappa shape index (κ3) is 4.84.